The second kappa shape index (κ2) is 7.79. The minimum absolute atomic E-state index is 0.0810. The number of nitrogens with one attached hydrogen (secondary N) is 2. The number of sulfonamides is 1. The summed E-state index contributed by atoms with van der Waals surface area (Å²) in [6.45, 7) is 3.70. The zero-order valence-corrected chi connectivity index (χ0v) is 16.7. The van der Waals surface area contributed by atoms with Crippen molar-refractivity contribution in [3.05, 3.63) is 46.2 Å². The van der Waals surface area contributed by atoms with Crippen LogP contribution >= 0.6 is 11.3 Å². The van der Waals surface area contributed by atoms with Crippen molar-refractivity contribution in [1.29, 1.82) is 0 Å². The van der Waals surface area contributed by atoms with Gasteiger partial charge in [-0.1, -0.05) is 13.0 Å². The minimum atomic E-state index is -3.84. The van der Waals surface area contributed by atoms with Gasteiger partial charge in [0.05, 0.1) is 23.9 Å². The first-order chi connectivity index (χ1) is 12.8. The van der Waals surface area contributed by atoms with E-state index >= 15 is 0 Å². The normalized spacial score (nSPS) is 16.3. The molecule has 1 aliphatic heterocycles. The summed E-state index contributed by atoms with van der Waals surface area (Å²) in [5.41, 5.74) is 1.28. The van der Waals surface area contributed by atoms with E-state index in [0.29, 0.717) is 17.8 Å². The van der Waals surface area contributed by atoms with E-state index in [0.717, 1.165) is 9.18 Å². The molecule has 3 rings (SSSR count). The number of benzene rings is 1. The van der Waals surface area contributed by atoms with Crippen LogP contribution in [0, 0.1) is 0 Å². The van der Waals surface area contributed by atoms with E-state index in [2.05, 4.69) is 10.6 Å². The Morgan fingerprint density at radius 3 is 2.78 bits per heavy atom. The van der Waals surface area contributed by atoms with Crippen molar-refractivity contribution >= 4 is 38.9 Å². The molecule has 0 radical (unpaired) electrons. The molecule has 0 spiro atoms. The first-order valence-corrected chi connectivity index (χ1v) is 10.9. The highest BCUT2D eigenvalue weighted by atomic mass is 32.2. The van der Waals surface area contributed by atoms with E-state index in [1.54, 1.807) is 19.9 Å². The Kier molecular flexibility index (Phi) is 5.64. The number of hydrogen-bond donors (Lipinski definition) is 2. The molecule has 1 aromatic heterocycles. The van der Waals surface area contributed by atoms with E-state index in [4.69, 9.17) is 0 Å². The molecule has 1 atom stereocenters. The summed E-state index contributed by atoms with van der Waals surface area (Å²) in [6.07, 6.45) is 0. The van der Waals surface area contributed by atoms with Crippen molar-refractivity contribution in [1.82, 2.24) is 9.62 Å². The van der Waals surface area contributed by atoms with Gasteiger partial charge in [-0.05, 0) is 42.1 Å². The average molecular weight is 408 g/mol. The molecule has 0 unspecified atom stereocenters. The molecule has 0 fully saturated rings. The monoisotopic (exact) mass is 407 g/mol. The zero-order valence-electron chi connectivity index (χ0n) is 15.1. The van der Waals surface area contributed by atoms with Crippen molar-refractivity contribution in [3.63, 3.8) is 0 Å². The maximum Gasteiger partial charge on any atom is 0.243 e. The van der Waals surface area contributed by atoms with Gasteiger partial charge in [-0.3, -0.25) is 9.59 Å². The summed E-state index contributed by atoms with van der Waals surface area (Å²) < 4.78 is 27.1. The predicted octanol–water partition coefficient (Wildman–Crippen LogP) is 2.13. The number of amides is 2. The van der Waals surface area contributed by atoms with E-state index in [-0.39, 0.29) is 29.8 Å². The van der Waals surface area contributed by atoms with E-state index in [1.165, 1.54) is 23.5 Å². The predicted molar refractivity (Wildman–Crippen MR) is 104 cm³/mol. The molecule has 0 saturated carbocycles. The second-order valence-electron chi connectivity index (χ2n) is 6.25. The lowest BCUT2D eigenvalue weighted by Gasteiger charge is -2.20. The number of fused-ring (bicyclic) bond motifs is 1. The topological polar surface area (TPSA) is 95.6 Å². The molecular formula is C18H21N3O4S2. The van der Waals surface area contributed by atoms with Gasteiger partial charge in [0.2, 0.25) is 21.8 Å². The Balaban J connectivity index is 1.74. The third-order valence-corrected chi connectivity index (χ3v) is 7.28. The fraction of sp³-hybridized carbons (Fsp3) is 0.333. The lowest BCUT2D eigenvalue weighted by atomic mass is 10.0. The summed E-state index contributed by atoms with van der Waals surface area (Å²) >= 11 is 1.52. The van der Waals surface area contributed by atoms with Crippen LogP contribution in [0.5, 0.6) is 0 Å². The molecule has 1 aliphatic rings. The van der Waals surface area contributed by atoms with E-state index in [9.17, 15) is 18.0 Å². The molecule has 0 aliphatic carbocycles. The molecule has 0 bridgehead atoms. The molecule has 2 amide bonds. The van der Waals surface area contributed by atoms with Crippen molar-refractivity contribution in [2.45, 2.75) is 31.2 Å². The summed E-state index contributed by atoms with van der Waals surface area (Å²) in [5.74, 6) is -0.917. The smallest absolute Gasteiger partial charge is 0.243 e. The highest BCUT2D eigenvalue weighted by molar-refractivity contribution is 7.89. The fourth-order valence-electron chi connectivity index (χ4n) is 2.89. The number of carbonyl (C=O) groups is 2. The molecule has 27 heavy (non-hydrogen) atoms. The van der Waals surface area contributed by atoms with Crippen molar-refractivity contribution in [2.24, 2.45) is 0 Å². The molecule has 2 aromatic rings. The van der Waals surface area contributed by atoms with Gasteiger partial charge in [0.15, 0.2) is 0 Å². The van der Waals surface area contributed by atoms with Gasteiger partial charge in [0.25, 0.3) is 0 Å². The first kappa shape index (κ1) is 19.5. The molecular weight excluding hydrogens is 386 g/mol. The van der Waals surface area contributed by atoms with Gasteiger partial charge >= 0.3 is 0 Å². The van der Waals surface area contributed by atoms with Crippen LogP contribution in [0.25, 0.3) is 0 Å². The van der Waals surface area contributed by atoms with Crippen LogP contribution in [0.15, 0.2) is 40.6 Å². The first-order valence-electron chi connectivity index (χ1n) is 8.57. The lowest BCUT2D eigenvalue weighted by molar-refractivity contribution is -0.121. The summed E-state index contributed by atoms with van der Waals surface area (Å²) in [5, 5.41) is 7.37. The van der Waals surface area contributed by atoms with Crippen LogP contribution in [-0.2, 0) is 26.2 Å². The number of carbonyl (C=O) groups excluding carboxylic acids is 2. The Hall–Kier alpha value is -2.23. The summed E-state index contributed by atoms with van der Waals surface area (Å²) in [7, 11) is -3.84. The van der Waals surface area contributed by atoms with Gasteiger partial charge in [0.1, 0.15) is 0 Å². The average Bonchev–Trinajstić information content (AvgIpc) is 3.26. The van der Waals surface area contributed by atoms with Gasteiger partial charge in [0, 0.05) is 17.1 Å². The van der Waals surface area contributed by atoms with Crippen LogP contribution in [0.4, 0.5) is 5.69 Å². The number of likely N-dealkylation sites (N-methyl/N-ethyl adjacent to an activating group) is 1. The Bertz CT molecular complexity index is 955. The van der Waals surface area contributed by atoms with Crippen LogP contribution in [0.3, 0.4) is 0 Å². The third-order valence-electron chi connectivity index (χ3n) is 4.49. The minimum Gasteiger partial charge on any atom is -0.350 e. The number of thiophene rings is 1. The van der Waals surface area contributed by atoms with Gasteiger partial charge in [-0.2, -0.15) is 4.31 Å². The number of rotatable bonds is 7. The quantitative estimate of drug-likeness (QED) is 0.735. The summed E-state index contributed by atoms with van der Waals surface area (Å²) in [6, 6.07) is 8.36. The van der Waals surface area contributed by atoms with Crippen LogP contribution in [-0.4, -0.2) is 37.6 Å². The molecule has 7 nitrogen and oxygen atoms in total. The van der Waals surface area contributed by atoms with Crippen LogP contribution in [0.1, 0.15) is 30.2 Å². The molecule has 144 valence electrons. The van der Waals surface area contributed by atoms with E-state index in [1.807, 2.05) is 17.5 Å². The molecule has 2 heterocycles. The van der Waals surface area contributed by atoms with Gasteiger partial charge in [-0.25, -0.2) is 8.42 Å². The maximum absolute atomic E-state index is 13.0. The lowest BCUT2D eigenvalue weighted by Crippen LogP contribution is -2.40. The zero-order chi connectivity index (χ0) is 19.6. The third kappa shape index (κ3) is 4.05. The van der Waals surface area contributed by atoms with Crippen LogP contribution in [0.2, 0.25) is 0 Å². The highest BCUT2D eigenvalue weighted by Crippen LogP contribution is 2.34. The van der Waals surface area contributed by atoms with E-state index < -0.39 is 15.9 Å². The Morgan fingerprint density at radius 2 is 2.11 bits per heavy atom. The van der Waals surface area contributed by atoms with Gasteiger partial charge < -0.3 is 10.6 Å². The molecule has 1 aromatic carbocycles. The van der Waals surface area contributed by atoms with Crippen molar-refractivity contribution in [3.8, 4) is 0 Å². The Labute approximate surface area is 162 Å². The molecule has 0 saturated heterocycles. The standard InChI is InChI=1S/C18H21N3O4S2/c1-3-21(11-17(22)19-10-13-5-4-8-26-13)27(24,25)14-6-7-16-15(9-14)12(2)18(23)20-16/h4-9,12H,3,10-11H2,1-2H3,(H,19,22)(H,20,23)/t12-/m1/s1. The maximum atomic E-state index is 13.0. The number of anilines is 1. The van der Waals surface area contributed by atoms with Gasteiger partial charge in [-0.15, -0.1) is 11.3 Å². The number of hydrogen-bond acceptors (Lipinski definition) is 5. The van der Waals surface area contributed by atoms with Crippen molar-refractivity contribution in [2.75, 3.05) is 18.4 Å². The molecule has 9 heteroatoms. The largest absolute Gasteiger partial charge is 0.350 e. The molecule has 2 N–H and O–H groups in total. The highest BCUT2D eigenvalue weighted by Gasteiger charge is 2.31. The SMILES string of the molecule is CCN(CC(=O)NCc1cccs1)S(=O)(=O)c1ccc2c(c1)[C@@H](C)C(=O)N2. The van der Waals surface area contributed by atoms with Crippen molar-refractivity contribution < 1.29 is 18.0 Å². The Morgan fingerprint density at radius 1 is 1.33 bits per heavy atom. The number of nitrogens with zero attached hydrogens (tertiary/aromatic N) is 1. The second-order valence-corrected chi connectivity index (χ2v) is 9.22. The fourth-order valence-corrected chi connectivity index (χ4v) is 4.97. The van der Waals surface area contributed by atoms with Crippen LogP contribution < -0.4 is 10.6 Å². The summed E-state index contributed by atoms with van der Waals surface area (Å²) in [4.78, 5) is 25.1.